The van der Waals surface area contributed by atoms with Gasteiger partial charge < -0.3 is 14.9 Å². The summed E-state index contributed by atoms with van der Waals surface area (Å²) < 4.78 is 7.54. The topological polar surface area (TPSA) is 79.3 Å². The standard InChI is InChI=1S/C20H25N3O3S/c24-15-8-9-17(19(25)11-15)18-13-27-20(21-12-16-7-4-10-26-16)23(18)22-14-5-2-1-3-6-14/h8-9,11,13,16,24-25H,1-7,10,12H2. The van der Waals surface area contributed by atoms with Gasteiger partial charge in [-0.05, 0) is 50.7 Å². The van der Waals surface area contributed by atoms with Gasteiger partial charge in [0.05, 0.1) is 18.3 Å². The highest BCUT2D eigenvalue weighted by Gasteiger charge is 2.17. The quantitative estimate of drug-likeness (QED) is 0.836. The lowest BCUT2D eigenvalue weighted by atomic mass is 9.99. The number of rotatable bonds is 4. The van der Waals surface area contributed by atoms with Crippen LogP contribution in [0.25, 0.3) is 11.3 Å². The fourth-order valence-electron chi connectivity index (χ4n) is 3.60. The van der Waals surface area contributed by atoms with Crippen LogP contribution in [-0.4, -0.2) is 39.9 Å². The summed E-state index contributed by atoms with van der Waals surface area (Å²) in [5.41, 5.74) is 2.61. The van der Waals surface area contributed by atoms with E-state index < -0.39 is 0 Å². The van der Waals surface area contributed by atoms with Gasteiger partial charge in [-0.3, -0.25) is 4.99 Å². The Labute approximate surface area is 162 Å². The SMILES string of the molecule is Oc1ccc(-c2csc(=NCC3CCCO3)n2N=C2CCCCC2)c(O)c1. The molecule has 0 spiro atoms. The van der Waals surface area contributed by atoms with Crippen molar-refractivity contribution in [2.24, 2.45) is 10.1 Å². The second-order valence-electron chi connectivity index (χ2n) is 7.12. The van der Waals surface area contributed by atoms with Crippen molar-refractivity contribution >= 4 is 17.0 Å². The molecule has 2 fully saturated rings. The molecule has 1 aliphatic heterocycles. The highest BCUT2D eigenvalue weighted by Crippen LogP contribution is 2.32. The molecule has 0 radical (unpaired) electrons. The summed E-state index contributed by atoms with van der Waals surface area (Å²) in [6.07, 6.45) is 7.96. The Bertz CT molecular complexity index is 886. The number of ether oxygens (including phenoxy) is 1. The molecule has 2 heterocycles. The minimum Gasteiger partial charge on any atom is -0.508 e. The van der Waals surface area contributed by atoms with Gasteiger partial charge in [-0.25, -0.2) is 4.68 Å². The number of hydrogen-bond donors (Lipinski definition) is 2. The number of benzene rings is 1. The highest BCUT2D eigenvalue weighted by atomic mass is 32.1. The number of aromatic nitrogens is 1. The van der Waals surface area contributed by atoms with Crippen LogP contribution in [0.15, 0.2) is 33.7 Å². The number of hydrogen-bond acceptors (Lipinski definition) is 6. The first-order valence-electron chi connectivity index (χ1n) is 9.62. The van der Waals surface area contributed by atoms with E-state index in [0.29, 0.717) is 12.1 Å². The largest absolute Gasteiger partial charge is 0.508 e. The first-order chi connectivity index (χ1) is 13.2. The molecule has 6 nitrogen and oxygen atoms in total. The molecule has 1 aliphatic carbocycles. The molecular formula is C20H25N3O3S. The fourth-order valence-corrected chi connectivity index (χ4v) is 4.43. The van der Waals surface area contributed by atoms with Crippen molar-refractivity contribution in [3.63, 3.8) is 0 Å². The predicted molar refractivity (Wildman–Crippen MR) is 106 cm³/mol. The normalized spacial score (nSPS) is 21.0. The third-order valence-electron chi connectivity index (χ3n) is 5.07. The maximum absolute atomic E-state index is 10.3. The Morgan fingerprint density at radius 3 is 2.74 bits per heavy atom. The minimum atomic E-state index is 0.0380. The molecule has 1 aromatic carbocycles. The lowest BCUT2D eigenvalue weighted by Crippen LogP contribution is -2.19. The van der Waals surface area contributed by atoms with Crippen molar-refractivity contribution in [1.29, 1.82) is 0 Å². The van der Waals surface area contributed by atoms with E-state index in [1.807, 2.05) is 10.1 Å². The molecule has 4 rings (SSSR count). The smallest absolute Gasteiger partial charge is 0.206 e. The van der Waals surface area contributed by atoms with Crippen molar-refractivity contribution in [1.82, 2.24) is 4.68 Å². The zero-order valence-corrected chi connectivity index (χ0v) is 16.1. The van der Waals surface area contributed by atoms with E-state index in [9.17, 15) is 10.2 Å². The Morgan fingerprint density at radius 2 is 2.00 bits per heavy atom. The molecule has 2 aliphatic rings. The first kappa shape index (κ1) is 18.3. The molecule has 27 heavy (non-hydrogen) atoms. The zero-order valence-electron chi connectivity index (χ0n) is 15.3. The van der Waals surface area contributed by atoms with E-state index in [1.54, 1.807) is 12.1 Å². The minimum absolute atomic E-state index is 0.0380. The molecular weight excluding hydrogens is 362 g/mol. The summed E-state index contributed by atoms with van der Waals surface area (Å²) in [7, 11) is 0. The van der Waals surface area contributed by atoms with Crippen molar-refractivity contribution in [3.8, 4) is 22.8 Å². The molecule has 7 heteroatoms. The maximum Gasteiger partial charge on any atom is 0.206 e. The Balaban J connectivity index is 1.75. The van der Waals surface area contributed by atoms with Crippen molar-refractivity contribution in [3.05, 3.63) is 28.4 Å². The molecule has 2 N–H and O–H groups in total. The zero-order chi connectivity index (χ0) is 18.6. The van der Waals surface area contributed by atoms with Crippen LogP contribution in [0.2, 0.25) is 0 Å². The van der Waals surface area contributed by atoms with Gasteiger partial charge in [0.1, 0.15) is 11.5 Å². The summed E-state index contributed by atoms with van der Waals surface area (Å²) >= 11 is 1.52. The molecule has 2 aromatic rings. The lowest BCUT2D eigenvalue weighted by molar-refractivity contribution is 0.117. The molecule has 144 valence electrons. The van der Waals surface area contributed by atoms with Crippen LogP contribution in [0, 0.1) is 0 Å². The predicted octanol–water partition coefficient (Wildman–Crippen LogP) is 3.88. The summed E-state index contributed by atoms with van der Waals surface area (Å²) in [6.45, 7) is 1.45. The molecule has 1 saturated heterocycles. The van der Waals surface area contributed by atoms with E-state index in [0.717, 1.165) is 42.8 Å². The Hall–Kier alpha value is -2.12. The van der Waals surface area contributed by atoms with E-state index in [2.05, 4.69) is 0 Å². The van der Waals surface area contributed by atoms with Gasteiger partial charge in [0.15, 0.2) is 0 Å². The van der Waals surface area contributed by atoms with Crippen LogP contribution in [-0.2, 0) is 4.74 Å². The maximum atomic E-state index is 10.3. The molecule has 1 unspecified atom stereocenters. The Kier molecular flexibility index (Phi) is 5.59. The van der Waals surface area contributed by atoms with Crippen molar-refractivity contribution in [2.45, 2.75) is 51.0 Å². The Morgan fingerprint density at radius 1 is 1.15 bits per heavy atom. The average molecular weight is 388 g/mol. The van der Waals surface area contributed by atoms with E-state index in [-0.39, 0.29) is 17.6 Å². The summed E-state index contributed by atoms with van der Waals surface area (Å²) in [5, 5.41) is 26.8. The number of aromatic hydroxyl groups is 2. The lowest BCUT2D eigenvalue weighted by Gasteiger charge is -2.14. The van der Waals surface area contributed by atoms with Gasteiger partial charge in [0.25, 0.3) is 0 Å². The van der Waals surface area contributed by atoms with Gasteiger partial charge >= 0.3 is 0 Å². The number of phenolic OH excluding ortho intramolecular Hbond substituents is 2. The molecule has 0 bridgehead atoms. The molecule has 1 saturated carbocycles. The van der Waals surface area contributed by atoms with Gasteiger partial charge in [-0.1, -0.05) is 6.42 Å². The average Bonchev–Trinajstić information content (AvgIpc) is 3.31. The number of thiazole rings is 1. The van der Waals surface area contributed by atoms with Crippen LogP contribution < -0.4 is 4.80 Å². The van der Waals surface area contributed by atoms with Crippen molar-refractivity contribution in [2.75, 3.05) is 13.2 Å². The number of phenols is 2. The number of nitrogens with zero attached hydrogens (tertiary/aromatic N) is 3. The van der Waals surface area contributed by atoms with Gasteiger partial charge in [0.2, 0.25) is 4.80 Å². The first-order valence-corrected chi connectivity index (χ1v) is 10.5. The van der Waals surface area contributed by atoms with E-state index >= 15 is 0 Å². The summed E-state index contributed by atoms with van der Waals surface area (Å²) in [4.78, 5) is 5.58. The van der Waals surface area contributed by atoms with Gasteiger partial charge in [-0.2, -0.15) is 5.10 Å². The van der Waals surface area contributed by atoms with Crippen molar-refractivity contribution < 1.29 is 14.9 Å². The van der Waals surface area contributed by atoms with Crippen LogP contribution in [0.5, 0.6) is 11.5 Å². The molecule has 1 aromatic heterocycles. The van der Waals surface area contributed by atoms with Crippen LogP contribution in [0.3, 0.4) is 0 Å². The van der Waals surface area contributed by atoms with Crippen LogP contribution in [0.4, 0.5) is 0 Å². The second kappa shape index (κ2) is 8.27. The third kappa shape index (κ3) is 4.25. The van der Waals surface area contributed by atoms with Gasteiger partial charge in [-0.15, -0.1) is 11.3 Å². The monoisotopic (exact) mass is 387 g/mol. The summed E-state index contributed by atoms with van der Waals surface area (Å²) in [5.74, 6) is 0.0796. The second-order valence-corrected chi connectivity index (χ2v) is 7.96. The molecule has 1 atom stereocenters. The summed E-state index contributed by atoms with van der Waals surface area (Å²) in [6, 6.07) is 4.65. The molecule has 0 amide bonds. The van der Waals surface area contributed by atoms with E-state index in [4.69, 9.17) is 14.8 Å². The third-order valence-corrected chi connectivity index (χ3v) is 5.92. The van der Waals surface area contributed by atoms with Crippen LogP contribution in [0.1, 0.15) is 44.9 Å². The van der Waals surface area contributed by atoms with Gasteiger partial charge in [0, 0.05) is 29.3 Å². The fraction of sp³-hybridized carbons (Fsp3) is 0.500. The van der Waals surface area contributed by atoms with E-state index in [1.165, 1.54) is 42.4 Å². The highest BCUT2D eigenvalue weighted by molar-refractivity contribution is 7.07. The van der Waals surface area contributed by atoms with Crippen LogP contribution >= 0.6 is 11.3 Å².